The Bertz CT molecular complexity index is 492. The Hall–Kier alpha value is -0.420. The van der Waals surface area contributed by atoms with Crippen LogP contribution >= 0.6 is 22.6 Å². The molecule has 0 fully saturated rings. The predicted molar refractivity (Wildman–Crippen MR) is 72.1 cm³/mol. The van der Waals surface area contributed by atoms with Crippen molar-refractivity contribution < 1.29 is 18.6 Å². The molecule has 1 unspecified atom stereocenters. The number of aliphatic hydroxyl groups is 2. The molecule has 0 aliphatic heterocycles. The molecule has 0 aromatic heterocycles. The van der Waals surface area contributed by atoms with E-state index < -0.39 is 22.7 Å². The van der Waals surface area contributed by atoms with Gasteiger partial charge < -0.3 is 15.5 Å². The van der Waals surface area contributed by atoms with Crippen molar-refractivity contribution in [1.82, 2.24) is 0 Å². The maximum atomic E-state index is 11.3. The number of hydrogen-bond acceptors (Lipinski definition) is 5. The first-order valence-corrected chi connectivity index (χ1v) is 7.32. The van der Waals surface area contributed by atoms with E-state index in [4.69, 9.17) is 10.2 Å². The molecular formula is C9H13IN2O4S. The van der Waals surface area contributed by atoms with Crippen molar-refractivity contribution in [2.75, 3.05) is 18.5 Å². The lowest BCUT2D eigenvalue weighted by Gasteiger charge is -2.13. The Morgan fingerprint density at radius 2 is 2.12 bits per heavy atom. The molecule has 0 amide bonds. The molecule has 0 saturated heterocycles. The van der Waals surface area contributed by atoms with Crippen molar-refractivity contribution in [1.29, 1.82) is 0 Å². The van der Waals surface area contributed by atoms with E-state index in [1.807, 2.05) is 22.6 Å². The number of aliphatic hydroxyl groups excluding tert-OH is 2. The van der Waals surface area contributed by atoms with Gasteiger partial charge in [0.25, 0.3) is 0 Å². The van der Waals surface area contributed by atoms with Gasteiger partial charge in [-0.1, -0.05) is 0 Å². The highest BCUT2D eigenvalue weighted by Crippen LogP contribution is 2.22. The summed E-state index contributed by atoms with van der Waals surface area (Å²) >= 11 is 1.97. The van der Waals surface area contributed by atoms with Crippen molar-refractivity contribution in [3.63, 3.8) is 0 Å². The maximum absolute atomic E-state index is 11.3. The predicted octanol–water partition coefficient (Wildman–Crippen LogP) is -0.296. The number of sulfonamides is 1. The zero-order valence-corrected chi connectivity index (χ0v) is 11.8. The van der Waals surface area contributed by atoms with Gasteiger partial charge in [0.15, 0.2) is 0 Å². The van der Waals surface area contributed by atoms with Crippen molar-refractivity contribution in [3.05, 3.63) is 21.8 Å². The summed E-state index contributed by atoms with van der Waals surface area (Å²) in [4.78, 5) is -0.0328. The Balaban J connectivity index is 3.00. The normalized spacial score (nSPS) is 13.4. The summed E-state index contributed by atoms with van der Waals surface area (Å²) in [6, 6.07) is 4.71. The van der Waals surface area contributed by atoms with Crippen LogP contribution in [0, 0.1) is 3.57 Å². The summed E-state index contributed by atoms with van der Waals surface area (Å²) in [5, 5.41) is 25.6. The second-order valence-electron chi connectivity index (χ2n) is 3.40. The van der Waals surface area contributed by atoms with Crippen molar-refractivity contribution in [2.24, 2.45) is 5.14 Å². The Morgan fingerprint density at radius 3 is 2.65 bits per heavy atom. The summed E-state index contributed by atoms with van der Waals surface area (Å²) in [5.74, 6) is 0. The topological polar surface area (TPSA) is 113 Å². The van der Waals surface area contributed by atoms with E-state index in [0.717, 1.165) is 3.57 Å². The molecule has 1 aromatic carbocycles. The maximum Gasteiger partial charge on any atom is 0.240 e. The molecule has 0 aliphatic rings. The monoisotopic (exact) mass is 372 g/mol. The van der Waals surface area contributed by atoms with Gasteiger partial charge in [0.1, 0.15) is 4.90 Å². The van der Waals surface area contributed by atoms with E-state index in [9.17, 15) is 13.5 Å². The minimum Gasteiger partial charge on any atom is -0.394 e. The van der Waals surface area contributed by atoms with Crippen molar-refractivity contribution >= 4 is 38.3 Å². The SMILES string of the molecule is NS(=O)(=O)c1cc(I)ccc1NCC(O)CO. The van der Waals surface area contributed by atoms with Crippen LogP contribution in [0.15, 0.2) is 23.1 Å². The van der Waals surface area contributed by atoms with Gasteiger partial charge in [-0.25, -0.2) is 13.6 Å². The lowest BCUT2D eigenvalue weighted by atomic mass is 10.3. The van der Waals surface area contributed by atoms with Gasteiger partial charge in [-0.15, -0.1) is 0 Å². The van der Waals surface area contributed by atoms with Crippen LogP contribution in [0.5, 0.6) is 0 Å². The lowest BCUT2D eigenvalue weighted by molar-refractivity contribution is 0.105. The first-order valence-electron chi connectivity index (χ1n) is 4.69. The second-order valence-corrected chi connectivity index (χ2v) is 6.18. The number of halogens is 1. The van der Waals surface area contributed by atoms with Crippen molar-refractivity contribution in [3.8, 4) is 0 Å². The first-order chi connectivity index (χ1) is 7.84. The lowest BCUT2D eigenvalue weighted by Crippen LogP contribution is -2.24. The Kier molecular flexibility index (Phi) is 5.13. The molecule has 96 valence electrons. The van der Waals surface area contributed by atoms with Crippen molar-refractivity contribution in [2.45, 2.75) is 11.0 Å². The molecule has 0 heterocycles. The van der Waals surface area contributed by atoms with Crippen LogP contribution in [-0.4, -0.2) is 37.9 Å². The molecular weight excluding hydrogens is 359 g/mol. The van der Waals surface area contributed by atoms with E-state index in [1.165, 1.54) is 6.07 Å². The molecule has 0 aliphatic carbocycles. The third-order valence-corrected chi connectivity index (χ3v) is 3.61. The molecule has 0 bridgehead atoms. The van der Waals surface area contributed by atoms with E-state index in [0.29, 0.717) is 5.69 Å². The number of rotatable bonds is 5. The van der Waals surface area contributed by atoms with E-state index in [-0.39, 0.29) is 11.4 Å². The van der Waals surface area contributed by atoms with Crippen LogP contribution in [-0.2, 0) is 10.0 Å². The average Bonchev–Trinajstić information content (AvgIpc) is 2.25. The summed E-state index contributed by atoms with van der Waals surface area (Å²) < 4.78 is 23.4. The van der Waals surface area contributed by atoms with Crippen LogP contribution < -0.4 is 10.5 Å². The van der Waals surface area contributed by atoms with Gasteiger partial charge in [0, 0.05) is 10.1 Å². The fourth-order valence-electron chi connectivity index (χ4n) is 1.17. The smallest absolute Gasteiger partial charge is 0.240 e. The summed E-state index contributed by atoms with van der Waals surface area (Å²) in [5.41, 5.74) is 0.306. The molecule has 6 nitrogen and oxygen atoms in total. The van der Waals surface area contributed by atoms with Crippen LogP contribution in [0.3, 0.4) is 0 Å². The zero-order chi connectivity index (χ0) is 13.1. The minimum absolute atomic E-state index is 0.0328. The number of hydrogen-bond donors (Lipinski definition) is 4. The van der Waals surface area contributed by atoms with Crippen LogP contribution in [0.2, 0.25) is 0 Å². The fourth-order valence-corrected chi connectivity index (χ4v) is 2.61. The summed E-state index contributed by atoms with van der Waals surface area (Å²) in [7, 11) is -3.82. The number of primary sulfonamides is 1. The third-order valence-electron chi connectivity index (χ3n) is 1.99. The molecule has 0 spiro atoms. The molecule has 0 radical (unpaired) electrons. The number of nitrogens with one attached hydrogen (secondary N) is 1. The van der Waals surface area contributed by atoms with E-state index >= 15 is 0 Å². The van der Waals surface area contributed by atoms with Crippen LogP contribution in [0.4, 0.5) is 5.69 Å². The van der Waals surface area contributed by atoms with Gasteiger partial charge in [-0.2, -0.15) is 0 Å². The third kappa shape index (κ3) is 4.39. The quantitative estimate of drug-likeness (QED) is 0.531. The average molecular weight is 372 g/mol. The zero-order valence-electron chi connectivity index (χ0n) is 8.80. The Morgan fingerprint density at radius 1 is 1.47 bits per heavy atom. The van der Waals surface area contributed by atoms with Gasteiger partial charge in [-0.05, 0) is 40.8 Å². The first kappa shape index (κ1) is 14.6. The molecule has 1 rings (SSSR count). The summed E-state index contributed by atoms with van der Waals surface area (Å²) in [6.07, 6.45) is -0.956. The highest BCUT2D eigenvalue weighted by Gasteiger charge is 2.15. The minimum atomic E-state index is -3.82. The van der Waals surface area contributed by atoms with E-state index in [1.54, 1.807) is 12.1 Å². The fraction of sp³-hybridized carbons (Fsp3) is 0.333. The molecule has 1 atom stereocenters. The highest BCUT2D eigenvalue weighted by atomic mass is 127. The van der Waals surface area contributed by atoms with Gasteiger partial charge >= 0.3 is 0 Å². The molecule has 5 N–H and O–H groups in total. The highest BCUT2D eigenvalue weighted by molar-refractivity contribution is 14.1. The van der Waals surface area contributed by atoms with Gasteiger partial charge in [0.2, 0.25) is 10.0 Å². The van der Waals surface area contributed by atoms with E-state index in [2.05, 4.69) is 5.32 Å². The molecule has 0 saturated carbocycles. The molecule has 17 heavy (non-hydrogen) atoms. The number of benzene rings is 1. The van der Waals surface area contributed by atoms with Gasteiger partial charge in [-0.3, -0.25) is 0 Å². The number of anilines is 1. The molecule has 1 aromatic rings. The van der Waals surface area contributed by atoms with Crippen LogP contribution in [0.25, 0.3) is 0 Å². The summed E-state index contributed by atoms with van der Waals surface area (Å²) in [6.45, 7) is -0.359. The standard InChI is InChI=1S/C9H13IN2O4S/c10-6-1-2-8(12-4-7(14)5-13)9(3-6)17(11,15)16/h1-3,7,12-14H,4-5H2,(H2,11,15,16). The Labute approximate surface area is 113 Å². The molecule has 8 heteroatoms. The number of nitrogens with two attached hydrogens (primary N) is 1. The second kappa shape index (κ2) is 5.96. The van der Waals surface area contributed by atoms with Crippen LogP contribution in [0.1, 0.15) is 0 Å². The largest absolute Gasteiger partial charge is 0.394 e. The van der Waals surface area contributed by atoms with Gasteiger partial charge in [0.05, 0.1) is 18.4 Å².